The minimum atomic E-state index is -0.917. The van der Waals surface area contributed by atoms with Gasteiger partial charge in [-0.15, -0.1) is 0 Å². The van der Waals surface area contributed by atoms with E-state index < -0.39 is 18.0 Å². The second-order valence-electron chi connectivity index (χ2n) is 3.50. The van der Waals surface area contributed by atoms with Crippen molar-refractivity contribution in [3.05, 3.63) is 29.8 Å². The smallest absolute Gasteiger partial charge is 0.318 e. The average Bonchev–Trinajstić information content (AvgIpc) is 2.28. The van der Waals surface area contributed by atoms with Gasteiger partial charge >= 0.3 is 6.03 Å². The number of urea groups is 1. The van der Waals surface area contributed by atoms with Crippen molar-refractivity contribution in [2.45, 2.75) is 13.0 Å². The van der Waals surface area contributed by atoms with Gasteiger partial charge < -0.3 is 16.2 Å². The van der Waals surface area contributed by atoms with Gasteiger partial charge in [0.1, 0.15) is 10.7 Å². The predicted octanol–water partition coefficient (Wildman–Crippen LogP) is 0.283. The molecule has 1 aromatic rings. The highest BCUT2D eigenvalue weighted by atomic mass is 32.1. The Bertz CT molecular complexity index is 473. The van der Waals surface area contributed by atoms with Crippen LogP contribution in [0.15, 0.2) is 24.3 Å². The fourth-order valence-corrected chi connectivity index (χ4v) is 1.31. The van der Waals surface area contributed by atoms with E-state index in [-0.39, 0.29) is 4.99 Å². The summed E-state index contributed by atoms with van der Waals surface area (Å²) >= 11 is 4.80. The lowest BCUT2D eigenvalue weighted by Crippen LogP contribution is -2.42. The third-order valence-corrected chi connectivity index (χ3v) is 2.30. The fourth-order valence-electron chi connectivity index (χ4n) is 1.18. The van der Waals surface area contributed by atoms with Crippen LogP contribution in [0, 0.1) is 0 Å². The Morgan fingerprint density at radius 2 is 1.83 bits per heavy atom. The van der Waals surface area contributed by atoms with E-state index in [1.54, 1.807) is 24.3 Å². The minimum Gasteiger partial charge on any atom is -0.481 e. The Morgan fingerprint density at radius 3 is 2.28 bits per heavy atom. The molecule has 0 aromatic heterocycles. The maximum Gasteiger partial charge on any atom is 0.318 e. The number of amides is 3. The molecule has 0 spiro atoms. The Hall–Kier alpha value is -2.15. The Labute approximate surface area is 109 Å². The van der Waals surface area contributed by atoms with E-state index in [2.05, 4.69) is 0 Å². The molecule has 18 heavy (non-hydrogen) atoms. The van der Waals surface area contributed by atoms with E-state index in [0.29, 0.717) is 11.3 Å². The molecule has 1 rings (SSSR count). The second kappa shape index (κ2) is 5.97. The summed E-state index contributed by atoms with van der Waals surface area (Å²) in [6, 6.07) is 5.69. The number of hydrogen-bond donors (Lipinski definition) is 3. The van der Waals surface area contributed by atoms with Gasteiger partial charge in [-0.1, -0.05) is 12.2 Å². The summed E-state index contributed by atoms with van der Waals surface area (Å²) in [5.41, 5.74) is 11.0. The number of primary amides is 1. The van der Waals surface area contributed by atoms with Crippen LogP contribution in [0.4, 0.5) is 4.79 Å². The van der Waals surface area contributed by atoms with Crippen molar-refractivity contribution in [3.63, 3.8) is 0 Å². The van der Waals surface area contributed by atoms with Crippen LogP contribution in [-0.2, 0) is 4.79 Å². The van der Waals surface area contributed by atoms with Crippen molar-refractivity contribution < 1.29 is 14.3 Å². The van der Waals surface area contributed by atoms with Crippen molar-refractivity contribution in [2.24, 2.45) is 11.5 Å². The molecule has 1 atom stereocenters. The van der Waals surface area contributed by atoms with Crippen LogP contribution >= 0.6 is 12.2 Å². The van der Waals surface area contributed by atoms with E-state index in [1.165, 1.54) is 6.92 Å². The first-order chi connectivity index (χ1) is 8.40. The van der Waals surface area contributed by atoms with Crippen LogP contribution in [0.25, 0.3) is 0 Å². The van der Waals surface area contributed by atoms with E-state index in [0.717, 1.165) is 0 Å². The molecule has 0 aliphatic rings. The number of hydrogen-bond acceptors (Lipinski definition) is 4. The van der Waals surface area contributed by atoms with E-state index in [4.69, 9.17) is 28.4 Å². The lowest BCUT2D eigenvalue weighted by Gasteiger charge is -2.13. The lowest BCUT2D eigenvalue weighted by atomic mass is 10.2. The average molecular weight is 267 g/mol. The second-order valence-corrected chi connectivity index (χ2v) is 3.94. The van der Waals surface area contributed by atoms with Gasteiger partial charge in [-0.25, -0.2) is 4.79 Å². The predicted molar refractivity (Wildman–Crippen MR) is 70.1 cm³/mol. The highest BCUT2D eigenvalue weighted by Crippen LogP contribution is 2.13. The van der Waals surface area contributed by atoms with Crippen LogP contribution in [0.3, 0.4) is 0 Å². The molecule has 0 saturated carbocycles. The largest absolute Gasteiger partial charge is 0.481 e. The first kappa shape index (κ1) is 13.9. The molecule has 1 unspecified atom stereocenters. The molecule has 0 heterocycles. The summed E-state index contributed by atoms with van der Waals surface area (Å²) in [6.45, 7) is 1.50. The quantitative estimate of drug-likeness (QED) is 0.679. The van der Waals surface area contributed by atoms with Crippen molar-refractivity contribution >= 4 is 29.1 Å². The summed E-state index contributed by atoms with van der Waals surface area (Å²) in [5, 5.41) is 1.93. The third kappa shape index (κ3) is 4.02. The molecule has 0 aliphatic carbocycles. The molecule has 0 aliphatic heterocycles. The first-order valence-electron chi connectivity index (χ1n) is 5.07. The standard InChI is InChI=1S/C11H13N3O3S/c1-6(10(15)14-11(13)16)17-8-4-2-7(3-5-8)9(12)18/h2-6H,1H3,(H2,12,18)(H3,13,14,15,16). The summed E-state index contributed by atoms with van der Waals surface area (Å²) in [5.74, 6) is -0.150. The Balaban J connectivity index is 2.64. The molecular formula is C11H13N3O3S. The van der Waals surface area contributed by atoms with Gasteiger partial charge in [0.05, 0.1) is 0 Å². The lowest BCUT2D eigenvalue weighted by molar-refractivity contribution is -0.126. The summed E-state index contributed by atoms with van der Waals surface area (Å²) in [4.78, 5) is 22.1. The zero-order chi connectivity index (χ0) is 13.7. The van der Waals surface area contributed by atoms with Gasteiger partial charge in [0, 0.05) is 5.56 Å². The van der Waals surface area contributed by atoms with Gasteiger partial charge in [-0.05, 0) is 31.2 Å². The SMILES string of the molecule is CC(Oc1ccc(C(N)=S)cc1)C(=O)NC(N)=O. The number of carbonyl (C=O) groups is 2. The maximum absolute atomic E-state index is 11.4. The van der Waals surface area contributed by atoms with Crippen LogP contribution in [0.5, 0.6) is 5.75 Å². The van der Waals surface area contributed by atoms with Gasteiger partial charge in [0.25, 0.3) is 5.91 Å². The fraction of sp³-hybridized carbons (Fsp3) is 0.182. The normalized spacial score (nSPS) is 11.4. The Morgan fingerprint density at radius 1 is 1.28 bits per heavy atom. The number of rotatable bonds is 4. The minimum absolute atomic E-state index is 0.279. The van der Waals surface area contributed by atoms with Crippen LogP contribution in [0.2, 0.25) is 0 Å². The first-order valence-corrected chi connectivity index (χ1v) is 5.48. The van der Waals surface area contributed by atoms with Gasteiger partial charge in [0.2, 0.25) is 0 Å². The molecule has 1 aromatic carbocycles. The zero-order valence-corrected chi connectivity index (χ0v) is 10.5. The maximum atomic E-state index is 11.4. The third-order valence-electron chi connectivity index (χ3n) is 2.07. The molecule has 0 fully saturated rings. The van der Waals surface area contributed by atoms with Crippen LogP contribution in [0.1, 0.15) is 12.5 Å². The highest BCUT2D eigenvalue weighted by molar-refractivity contribution is 7.80. The Kier molecular flexibility index (Phi) is 4.61. The number of imide groups is 1. The molecule has 96 valence electrons. The molecule has 0 radical (unpaired) electrons. The molecule has 5 N–H and O–H groups in total. The molecule has 0 saturated heterocycles. The van der Waals surface area contributed by atoms with Crippen molar-refractivity contribution in [3.8, 4) is 5.75 Å². The zero-order valence-electron chi connectivity index (χ0n) is 9.67. The van der Waals surface area contributed by atoms with Gasteiger partial charge in [-0.3, -0.25) is 10.1 Å². The monoisotopic (exact) mass is 267 g/mol. The van der Waals surface area contributed by atoms with Crippen molar-refractivity contribution in [1.82, 2.24) is 5.32 Å². The summed E-state index contributed by atoms with van der Waals surface area (Å²) in [7, 11) is 0. The van der Waals surface area contributed by atoms with Crippen LogP contribution < -0.4 is 21.5 Å². The molecule has 7 heteroatoms. The number of nitrogens with one attached hydrogen (secondary N) is 1. The number of ether oxygens (including phenoxy) is 1. The van der Waals surface area contributed by atoms with Gasteiger partial charge in [0.15, 0.2) is 6.10 Å². The molecular weight excluding hydrogens is 254 g/mol. The topological polar surface area (TPSA) is 107 Å². The van der Waals surface area contributed by atoms with E-state index in [1.807, 2.05) is 5.32 Å². The summed E-state index contributed by atoms with van der Waals surface area (Å²) in [6.07, 6.45) is -0.840. The van der Waals surface area contributed by atoms with Crippen LogP contribution in [-0.4, -0.2) is 23.0 Å². The van der Waals surface area contributed by atoms with Crippen molar-refractivity contribution in [1.29, 1.82) is 0 Å². The molecule has 6 nitrogen and oxygen atoms in total. The summed E-state index contributed by atoms with van der Waals surface area (Å²) < 4.78 is 5.31. The number of benzene rings is 1. The number of nitrogens with two attached hydrogens (primary N) is 2. The highest BCUT2D eigenvalue weighted by Gasteiger charge is 2.15. The molecule has 0 bridgehead atoms. The van der Waals surface area contributed by atoms with Gasteiger partial charge in [-0.2, -0.15) is 0 Å². The van der Waals surface area contributed by atoms with Crippen molar-refractivity contribution in [2.75, 3.05) is 0 Å². The van der Waals surface area contributed by atoms with E-state index >= 15 is 0 Å². The number of carbonyl (C=O) groups excluding carboxylic acids is 2. The molecule has 3 amide bonds. The number of thiocarbonyl (C=S) groups is 1. The van der Waals surface area contributed by atoms with E-state index in [9.17, 15) is 9.59 Å².